The lowest BCUT2D eigenvalue weighted by molar-refractivity contribution is 0.185. The number of benzene rings is 1. The summed E-state index contributed by atoms with van der Waals surface area (Å²) in [5.41, 5.74) is 2.64. The Labute approximate surface area is 129 Å². The van der Waals surface area contributed by atoms with Gasteiger partial charge in [0.15, 0.2) is 0 Å². The first kappa shape index (κ1) is 16.3. The molecule has 21 heavy (non-hydrogen) atoms. The van der Waals surface area contributed by atoms with Crippen molar-refractivity contribution in [3.63, 3.8) is 0 Å². The second-order valence-electron chi connectivity index (χ2n) is 6.51. The predicted octanol–water partition coefficient (Wildman–Crippen LogP) is 3.44. The van der Waals surface area contributed by atoms with Gasteiger partial charge in [0.25, 0.3) is 0 Å². The Hall–Kier alpha value is -1.06. The van der Waals surface area contributed by atoms with Crippen molar-refractivity contribution in [2.75, 3.05) is 25.1 Å². The van der Waals surface area contributed by atoms with Gasteiger partial charge in [-0.15, -0.1) is 0 Å². The smallest absolute Gasteiger partial charge is 0.0733 e. The Balaban J connectivity index is 2.20. The highest BCUT2D eigenvalue weighted by Gasteiger charge is 2.28. The van der Waals surface area contributed by atoms with E-state index < -0.39 is 0 Å². The number of ether oxygens (including phenoxy) is 1. The summed E-state index contributed by atoms with van der Waals surface area (Å²) in [5.74, 6) is 0.733. The third kappa shape index (κ3) is 4.21. The highest BCUT2D eigenvalue weighted by Crippen LogP contribution is 2.27. The molecular formula is C18H30N2O. The fourth-order valence-electron chi connectivity index (χ4n) is 3.32. The maximum Gasteiger partial charge on any atom is 0.0733 e. The number of nitrogens with zero attached hydrogens (tertiary/aromatic N) is 1. The zero-order valence-electron chi connectivity index (χ0n) is 13.9. The number of anilines is 1. The molecule has 1 heterocycles. The van der Waals surface area contributed by atoms with E-state index in [9.17, 15) is 0 Å². The lowest BCUT2D eigenvalue weighted by Crippen LogP contribution is -2.57. The summed E-state index contributed by atoms with van der Waals surface area (Å²) in [4.78, 5) is 2.60. The van der Waals surface area contributed by atoms with Crippen LogP contribution in [-0.4, -0.2) is 32.3 Å². The lowest BCUT2D eigenvalue weighted by atomic mass is 9.97. The van der Waals surface area contributed by atoms with Gasteiger partial charge in [-0.3, -0.25) is 0 Å². The highest BCUT2D eigenvalue weighted by molar-refractivity contribution is 5.55. The molecule has 3 nitrogen and oxygen atoms in total. The third-order valence-corrected chi connectivity index (χ3v) is 4.33. The van der Waals surface area contributed by atoms with Crippen LogP contribution in [0.4, 0.5) is 5.69 Å². The molecule has 0 bridgehead atoms. The van der Waals surface area contributed by atoms with Crippen LogP contribution in [-0.2, 0) is 11.3 Å². The van der Waals surface area contributed by atoms with Gasteiger partial charge >= 0.3 is 0 Å². The van der Waals surface area contributed by atoms with Crippen molar-refractivity contribution in [1.29, 1.82) is 0 Å². The van der Waals surface area contributed by atoms with E-state index in [1.54, 1.807) is 7.11 Å². The fraction of sp³-hybridized carbons (Fsp3) is 0.667. The maximum atomic E-state index is 5.38. The zero-order valence-corrected chi connectivity index (χ0v) is 13.9. The van der Waals surface area contributed by atoms with Crippen LogP contribution in [0.5, 0.6) is 0 Å². The molecule has 1 saturated heterocycles. The Kier molecular flexibility index (Phi) is 6.07. The zero-order chi connectivity index (χ0) is 15.2. The minimum absolute atomic E-state index is 0.575. The van der Waals surface area contributed by atoms with Crippen LogP contribution in [0.3, 0.4) is 0 Å². The van der Waals surface area contributed by atoms with Gasteiger partial charge < -0.3 is 15.0 Å². The molecular weight excluding hydrogens is 260 g/mol. The molecule has 1 aliphatic rings. The Bertz CT molecular complexity index is 433. The van der Waals surface area contributed by atoms with Crippen LogP contribution >= 0.6 is 0 Å². The van der Waals surface area contributed by atoms with Crippen molar-refractivity contribution in [3.05, 3.63) is 29.8 Å². The van der Waals surface area contributed by atoms with Crippen molar-refractivity contribution in [3.8, 4) is 0 Å². The van der Waals surface area contributed by atoms with Gasteiger partial charge in [-0.1, -0.05) is 39.0 Å². The van der Waals surface area contributed by atoms with Gasteiger partial charge in [0.1, 0.15) is 0 Å². The first-order chi connectivity index (χ1) is 10.2. The van der Waals surface area contributed by atoms with Gasteiger partial charge in [0, 0.05) is 43.5 Å². The Morgan fingerprint density at radius 1 is 1.33 bits per heavy atom. The number of methoxy groups -OCH3 is 1. The van der Waals surface area contributed by atoms with Gasteiger partial charge in [-0.2, -0.15) is 0 Å². The molecule has 2 rings (SSSR count). The number of nitrogens with one attached hydrogen (secondary N) is 1. The fourth-order valence-corrected chi connectivity index (χ4v) is 3.32. The van der Waals surface area contributed by atoms with Crippen molar-refractivity contribution < 1.29 is 4.74 Å². The molecule has 0 aromatic heterocycles. The molecule has 1 aromatic rings. The van der Waals surface area contributed by atoms with E-state index in [1.165, 1.54) is 24.1 Å². The summed E-state index contributed by atoms with van der Waals surface area (Å²) in [6.07, 6.45) is 2.40. The number of rotatable bonds is 6. The molecule has 1 fully saturated rings. The summed E-state index contributed by atoms with van der Waals surface area (Å²) in [6.45, 7) is 9.74. The Morgan fingerprint density at radius 2 is 2.10 bits per heavy atom. The lowest BCUT2D eigenvalue weighted by Gasteiger charge is -2.43. The van der Waals surface area contributed by atoms with Crippen LogP contribution in [0.1, 0.15) is 39.2 Å². The van der Waals surface area contributed by atoms with Crippen molar-refractivity contribution in [1.82, 2.24) is 5.32 Å². The first-order valence-electron chi connectivity index (χ1n) is 8.22. The number of para-hydroxylation sites is 1. The molecule has 2 atom stereocenters. The van der Waals surface area contributed by atoms with E-state index >= 15 is 0 Å². The van der Waals surface area contributed by atoms with Gasteiger partial charge in [-0.25, -0.2) is 0 Å². The van der Waals surface area contributed by atoms with Gasteiger partial charge in [0.2, 0.25) is 0 Å². The second-order valence-corrected chi connectivity index (χ2v) is 6.51. The van der Waals surface area contributed by atoms with Crippen molar-refractivity contribution >= 4 is 5.69 Å². The van der Waals surface area contributed by atoms with Crippen LogP contribution in [0.25, 0.3) is 0 Å². The highest BCUT2D eigenvalue weighted by atomic mass is 16.5. The van der Waals surface area contributed by atoms with Crippen LogP contribution < -0.4 is 10.2 Å². The largest absolute Gasteiger partial charge is 0.380 e. The SMILES string of the molecule is CCC1CNC(CC(C)C)CN1c1ccccc1COC. The molecule has 118 valence electrons. The summed E-state index contributed by atoms with van der Waals surface area (Å²) < 4.78 is 5.38. The van der Waals surface area contributed by atoms with E-state index in [1.807, 2.05) is 0 Å². The summed E-state index contributed by atoms with van der Waals surface area (Å²) >= 11 is 0. The molecule has 0 saturated carbocycles. The van der Waals surface area contributed by atoms with Crippen LogP contribution in [0.2, 0.25) is 0 Å². The third-order valence-electron chi connectivity index (χ3n) is 4.33. The van der Waals surface area contributed by atoms with Gasteiger partial charge in [-0.05, 0) is 24.8 Å². The number of piperazine rings is 1. The second kappa shape index (κ2) is 7.81. The summed E-state index contributed by atoms with van der Waals surface area (Å²) in [7, 11) is 1.77. The first-order valence-corrected chi connectivity index (χ1v) is 8.22. The molecule has 0 amide bonds. The van der Waals surface area contributed by atoms with Gasteiger partial charge in [0.05, 0.1) is 6.61 Å². The summed E-state index contributed by atoms with van der Waals surface area (Å²) in [5, 5.41) is 3.73. The predicted molar refractivity (Wildman–Crippen MR) is 89.8 cm³/mol. The van der Waals surface area contributed by atoms with E-state index in [0.717, 1.165) is 19.0 Å². The van der Waals surface area contributed by atoms with Crippen molar-refractivity contribution in [2.24, 2.45) is 5.92 Å². The topological polar surface area (TPSA) is 24.5 Å². The standard InChI is InChI=1S/C18H30N2O/c1-5-17-11-19-16(10-14(2)3)12-20(17)18-9-7-6-8-15(18)13-21-4/h6-9,14,16-17,19H,5,10-13H2,1-4H3. The molecule has 1 aromatic carbocycles. The monoisotopic (exact) mass is 290 g/mol. The molecule has 0 radical (unpaired) electrons. The number of hydrogen-bond acceptors (Lipinski definition) is 3. The quantitative estimate of drug-likeness (QED) is 0.868. The molecule has 3 heteroatoms. The molecule has 0 spiro atoms. The van der Waals surface area contributed by atoms with E-state index in [0.29, 0.717) is 18.7 Å². The molecule has 2 unspecified atom stereocenters. The Morgan fingerprint density at radius 3 is 2.76 bits per heavy atom. The minimum Gasteiger partial charge on any atom is -0.380 e. The summed E-state index contributed by atoms with van der Waals surface area (Å²) in [6, 6.07) is 9.84. The molecule has 1 N–H and O–H groups in total. The number of hydrogen-bond donors (Lipinski definition) is 1. The van der Waals surface area contributed by atoms with Crippen molar-refractivity contribution in [2.45, 2.75) is 52.3 Å². The average Bonchev–Trinajstić information content (AvgIpc) is 2.47. The van der Waals surface area contributed by atoms with Crippen LogP contribution in [0.15, 0.2) is 24.3 Å². The van der Waals surface area contributed by atoms with E-state index in [4.69, 9.17) is 4.74 Å². The molecule has 1 aliphatic heterocycles. The van der Waals surface area contributed by atoms with Crippen LogP contribution in [0, 0.1) is 5.92 Å². The van der Waals surface area contributed by atoms with E-state index in [2.05, 4.69) is 55.3 Å². The normalized spacial score (nSPS) is 22.8. The maximum absolute atomic E-state index is 5.38. The minimum atomic E-state index is 0.575. The average molecular weight is 290 g/mol. The van der Waals surface area contributed by atoms with E-state index in [-0.39, 0.29) is 0 Å². The molecule has 0 aliphatic carbocycles.